The number of hydrogen-bond acceptors (Lipinski definition) is 3. The molecule has 2 aromatic rings. The number of nitrogens with two attached hydrogens (primary N) is 1. The molecule has 21 heavy (non-hydrogen) atoms. The van der Waals surface area contributed by atoms with Crippen LogP contribution in [0.4, 0.5) is 0 Å². The van der Waals surface area contributed by atoms with Crippen LogP contribution < -0.4 is 11.3 Å². The fourth-order valence-corrected chi connectivity index (χ4v) is 3.22. The Morgan fingerprint density at radius 2 is 2.00 bits per heavy atom. The van der Waals surface area contributed by atoms with Gasteiger partial charge in [0.2, 0.25) is 0 Å². The van der Waals surface area contributed by atoms with E-state index in [4.69, 9.17) is 10.6 Å². The number of hydrogen-bond donors (Lipinski definition) is 2. The van der Waals surface area contributed by atoms with E-state index in [-0.39, 0.29) is 12.1 Å². The highest BCUT2D eigenvalue weighted by Gasteiger charge is 2.30. The van der Waals surface area contributed by atoms with E-state index in [1.165, 1.54) is 27.8 Å². The Kier molecular flexibility index (Phi) is 4.06. The third-order valence-corrected chi connectivity index (χ3v) is 4.27. The molecule has 2 unspecified atom stereocenters. The molecule has 3 heteroatoms. The lowest BCUT2D eigenvalue weighted by molar-refractivity contribution is 0.0146. The van der Waals surface area contributed by atoms with Crippen molar-refractivity contribution in [1.82, 2.24) is 5.43 Å². The van der Waals surface area contributed by atoms with E-state index in [2.05, 4.69) is 61.7 Å². The Bertz CT molecular complexity index is 639. The smallest absolute Gasteiger partial charge is 0.103 e. The Balaban J connectivity index is 2.01. The minimum absolute atomic E-state index is 0.0351. The molecule has 0 aliphatic carbocycles. The largest absolute Gasteiger partial charge is 0.371 e. The minimum atomic E-state index is -0.0404. The predicted molar refractivity (Wildman–Crippen MR) is 84.8 cm³/mol. The van der Waals surface area contributed by atoms with Crippen molar-refractivity contribution < 1.29 is 4.74 Å². The normalized spacial score (nSPS) is 19.1. The molecule has 0 saturated heterocycles. The highest BCUT2D eigenvalue weighted by molar-refractivity contribution is 5.38. The second-order valence-electron chi connectivity index (χ2n) is 5.74. The molecular weight excluding hydrogens is 260 g/mol. The van der Waals surface area contributed by atoms with Crippen LogP contribution in [0.2, 0.25) is 0 Å². The Morgan fingerprint density at radius 1 is 1.19 bits per heavy atom. The number of aryl methyl sites for hydroxylation is 2. The van der Waals surface area contributed by atoms with Gasteiger partial charge in [-0.2, -0.15) is 0 Å². The molecule has 3 N–H and O–H groups in total. The zero-order valence-corrected chi connectivity index (χ0v) is 12.6. The second kappa shape index (κ2) is 5.98. The lowest BCUT2D eigenvalue weighted by Crippen LogP contribution is -2.36. The number of hydrazine groups is 1. The van der Waals surface area contributed by atoms with Gasteiger partial charge in [-0.1, -0.05) is 48.0 Å². The first-order chi connectivity index (χ1) is 10.2. The number of fused-ring (bicyclic) bond motifs is 1. The monoisotopic (exact) mass is 282 g/mol. The molecule has 1 heterocycles. The van der Waals surface area contributed by atoms with E-state index >= 15 is 0 Å². The fourth-order valence-electron chi connectivity index (χ4n) is 3.22. The van der Waals surface area contributed by atoms with Crippen LogP contribution in [0.15, 0.2) is 42.5 Å². The topological polar surface area (TPSA) is 47.3 Å². The molecular formula is C18H22N2O. The molecule has 2 atom stereocenters. The van der Waals surface area contributed by atoms with E-state index in [0.717, 1.165) is 13.0 Å². The first-order valence-electron chi connectivity index (χ1n) is 7.43. The highest BCUT2D eigenvalue weighted by atomic mass is 16.5. The van der Waals surface area contributed by atoms with Crippen molar-refractivity contribution in [2.75, 3.05) is 6.61 Å². The summed E-state index contributed by atoms with van der Waals surface area (Å²) in [5.41, 5.74) is 9.27. The molecule has 110 valence electrons. The first kappa shape index (κ1) is 14.3. The van der Waals surface area contributed by atoms with Crippen molar-refractivity contribution in [1.29, 1.82) is 0 Å². The van der Waals surface area contributed by atoms with Gasteiger partial charge in [0.15, 0.2) is 0 Å². The summed E-state index contributed by atoms with van der Waals surface area (Å²) in [4.78, 5) is 0. The fraction of sp³-hybridized carbons (Fsp3) is 0.333. The SMILES string of the molecule is Cc1ccc(C(NN)C2OCCc3ccccc32)c(C)c1. The van der Waals surface area contributed by atoms with Crippen LogP contribution in [-0.4, -0.2) is 6.61 Å². The van der Waals surface area contributed by atoms with Gasteiger partial charge < -0.3 is 4.74 Å². The minimum Gasteiger partial charge on any atom is -0.371 e. The highest BCUT2D eigenvalue weighted by Crippen LogP contribution is 2.37. The lowest BCUT2D eigenvalue weighted by atomic mass is 9.88. The molecule has 0 aromatic heterocycles. The molecule has 0 fully saturated rings. The van der Waals surface area contributed by atoms with E-state index in [1.54, 1.807) is 0 Å². The summed E-state index contributed by atoms with van der Waals surface area (Å²) < 4.78 is 6.05. The number of benzene rings is 2. The Hall–Kier alpha value is -1.68. The van der Waals surface area contributed by atoms with Gasteiger partial charge in [-0.3, -0.25) is 5.84 Å². The van der Waals surface area contributed by atoms with Gasteiger partial charge in [-0.25, -0.2) is 5.43 Å². The second-order valence-corrected chi connectivity index (χ2v) is 5.74. The number of rotatable bonds is 3. The van der Waals surface area contributed by atoms with Crippen molar-refractivity contribution in [2.45, 2.75) is 32.4 Å². The lowest BCUT2D eigenvalue weighted by Gasteiger charge is -2.33. The van der Waals surface area contributed by atoms with Crippen LogP contribution in [0.25, 0.3) is 0 Å². The van der Waals surface area contributed by atoms with Gasteiger partial charge in [0.1, 0.15) is 6.10 Å². The van der Waals surface area contributed by atoms with E-state index in [0.29, 0.717) is 0 Å². The molecule has 0 bridgehead atoms. The zero-order valence-electron chi connectivity index (χ0n) is 12.6. The molecule has 0 saturated carbocycles. The summed E-state index contributed by atoms with van der Waals surface area (Å²) in [6, 6.07) is 14.9. The quantitative estimate of drug-likeness (QED) is 0.671. The molecule has 3 rings (SSSR count). The van der Waals surface area contributed by atoms with Crippen LogP contribution in [0.1, 0.15) is 40.0 Å². The third kappa shape index (κ3) is 2.72. The number of nitrogens with one attached hydrogen (secondary N) is 1. The van der Waals surface area contributed by atoms with E-state index in [9.17, 15) is 0 Å². The van der Waals surface area contributed by atoms with Gasteiger partial charge in [0.05, 0.1) is 12.6 Å². The maximum atomic E-state index is 6.05. The maximum Gasteiger partial charge on any atom is 0.103 e. The van der Waals surface area contributed by atoms with Gasteiger partial charge in [0, 0.05) is 0 Å². The molecule has 1 aliphatic heterocycles. The maximum absolute atomic E-state index is 6.05. The summed E-state index contributed by atoms with van der Waals surface area (Å²) in [6.07, 6.45) is 0.929. The summed E-state index contributed by atoms with van der Waals surface area (Å²) in [5.74, 6) is 5.87. The van der Waals surface area contributed by atoms with Gasteiger partial charge in [-0.15, -0.1) is 0 Å². The molecule has 0 spiro atoms. The van der Waals surface area contributed by atoms with Crippen molar-refractivity contribution in [3.63, 3.8) is 0 Å². The first-order valence-corrected chi connectivity index (χ1v) is 7.43. The van der Waals surface area contributed by atoms with Crippen LogP contribution in [0.3, 0.4) is 0 Å². The average molecular weight is 282 g/mol. The summed E-state index contributed by atoms with van der Waals surface area (Å²) in [6.45, 7) is 4.97. The van der Waals surface area contributed by atoms with Crippen LogP contribution in [0, 0.1) is 13.8 Å². The van der Waals surface area contributed by atoms with Gasteiger partial charge >= 0.3 is 0 Å². The van der Waals surface area contributed by atoms with Gasteiger partial charge in [0.25, 0.3) is 0 Å². The molecule has 0 amide bonds. The molecule has 1 aliphatic rings. The van der Waals surface area contributed by atoms with Crippen LogP contribution in [-0.2, 0) is 11.2 Å². The van der Waals surface area contributed by atoms with E-state index < -0.39 is 0 Å². The summed E-state index contributed by atoms with van der Waals surface area (Å²) in [5, 5.41) is 0. The van der Waals surface area contributed by atoms with Crippen molar-refractivity contribution in [3.8, 4) is 0 Å². The van der Waals surface area contributed by atoms with Crippen LogP contribution in [0.5, 0.6) is 0 Å². The summed E-state index contributed by atoms with van der Waals surface area (Å²) >= 11 is 0. The summed E-state index contributed by atoms with van der Waals surface area (Å²) in [7, 11) is 0. The Labute approximate surface area is 126 Å². The van der Waals surface area contributed by atoms with E-state index in [1.807, 2.05) is 0 Å². The van der Waals surface area contributed by atoms with Crippen molar-refractivity contribution >= 4 is 0 Å². The number of ether oxygens (including phenoxy) is 1. The van der Waals surface area contributed by atoms with Gasteiger partial charge in [-0.05, 0) is 42.5 Å². The standard InChI is InChI=1S/C18H22N2O/c1-12-7-8-15(13(2)11-12)17(20-19)18-16-6-4-3-5-14(16)9-10-21-18/h3-8,11,17-18,20H,9-10,19H2,1-2H3. The molecule has 0 radical (unpaired) electrons. The van der Waals surface area contributed by atoms with Crippen LogP contribution >= 0.6 is 0 Å². The van der Waals surface area contributed by atoms with Crippen molar-refractivity contribution in [2.24, 2.45) is 5.84 Å². The Morgan fingerprint density at radius 3 is 2.76 bits per heavy atom. The third-order valence-electron chi connectivity index (χ3n) is 4.27. The zero-order chi connectivity index (χ0) is 14.8. The molecule has 3 nitrogen and oxygen atoms in total. The van der Waals surface area contributed by atoms with Crippen molar-refractivity contribution in [3.05, 3.63) is 70.3 Å². The average Bonchev–Trinajstić information content (AvgIpc) is 2.50. The predicted octanol–water partition coefficient (Wildman–Crippen LogP) is 3.12. The molecule has 2 aromatic carbocycles.